The van der Waals surface area contributed by atoms with E-state index in [-0.39, 0.29) is 43.3 Å². The number of carbonyl (C=O) groups excluding carboxylic acids is 1. The first-order chi connectivity index (χ1) is 15.8. The van der Waals surface area contributed by atoms with Crippen LogP contribution < -0.4 is 21.9 Å². The maximum atomic E-state index is 13.1. The molecule has 0 radical (unpaired) electrons. The van der Waals surface area contributed by atoms with Crippen LogP contribution in [0.5, 0.6) is 0 Å². The Morgan fingerprint density at radius 1 is 1.12 bits per heavy atom. The maximum Gasteiger partial charge on any atom is 0.330 e. The number of nitrogens with one attached hydrogen (secondary N) is 1. The van der Waals surface area contributed by atoms with Crippen LogP contribution in [-0.4, -0.2) is 40.6 Å². The van der Waals surface area contributed by atoms with Crippen molar-refractivity contribution >= 4 is 23.1 Å². The highest BCUT2D eigenvalue weighted by atomic mass is 16.6. The number of ether oxygens (including phenoxy) is 1. The maximum absolute atomic E-state index is 13.1. The van der Waals surface area contributed by atoms with Crippen molar-refractivity contribution in [3.8, 4) is 0 Å². The van der Waals surface area contributed by atoms with Crippen molar-refractivity contribution in [2.45, 2.75) is 13.0 Å². The number of nitrogen functional groups attached to an aromatic ring is 1. The molecule has 2 aromatic carbocycles. The molecule has 0 bridgehead atoms. The SMILES string of the molecule is COCCN(C(=O)Cc1ccc([N+](=O)[O-])cc1)c1c(N)n(Cc2ccccc2)c(=O)[nH]c1=O. The monoisotopic (exact) mass is 453 g/mol. The second-order valence-corrected chi connectivity index (χ2v) is 7.20. The Labute approximate surface area is 188 Å². The van der Waals surface area contributed by atoms with Crippen molar-refractivity contribution in [3.63, 3.8) is 0 Å². The largest absolute Gasteiger partial charge is 0.383 e. The van der Waals surface area contributed by atoms with Crippen molar-refractivity contribution in [2.75, 3.05) is 30.9 Å². The fourth-order valence-electron chi connectivity index (χ4n) is 3.31. The Morgan fingerprint density at radius 2 is 1.79 bits per heavy atom. The van der Waals surface area contributed by atoms with E-state index in [9.17, 15) is 24.5 Å². The van der Waals surface area contributed by atoms with Gasteiger partial charge in [-0.1, -0.05) is 42.5 Å². The molecule has 0 aliphatic heterocycles. The van der Waals surface area contributed by atoms with E-state index < -0.39 is 22.1 Å². The third kappa shape index (κ3) is 5.52. The number of amides is 1. The summed E-state index contributed by atoms with van der Waals surface area (Å²) in [7, 11) is 1.45. The summed E-state index contributed by atoms with van der Waals surface area (Å²) in [5.74, 6) is -0.635. The predicted molar refractivity (Wildman–Crippen MR) is 122 cm³/mol. The quantitative estimate of drug-likeness (QED) is 0.366. The van der Waals surface area contributed by atoms with Crippen LogP contribution in [0.3, 0.4) is 0 Å². The first kappa shape index (κ1) is 23.4. The average molecular weight is 453 g/mol. The number of aromatic nitrogens is 2. The summed E-state index contributed by atoms with van der Waals surface area (Å²) in [5.41, 5.74) is 5.77. The Kier molecular flexibility index (Phi) is 7.36. The topological polar surface area (TPSA) is 154 Å². The molecule has 0 aliphatic carbocycles. The van der Waals surface area contributed by atoms with Gasteiger partial charge in [-0.05, 0) is 11.1 Å². The standard InChI is InChI=1S/C22H23N5O6/c1-33-12-11-25(18(28)13-15-7-9-17(10-8-15)27(31)32)19-20(23)26(22(30)24-21(19)29)14-16-5-3-2-4-6-16/h2-10H,11-14,23H2,1H3,(H,24,29,30). The highest BCUT2D eigenvalue weighted by Crippen LogP contribution is 2.20. The van der Waals surface area contributed by atoms with Crippen LogP contribution in [0.2, 0.25) is 0 Å². The van der Waals surface area contributed by atoms with Gasteiger partial charge in [0.1, 0.15) is 5.82 Å². The molecule has 11 heteroatoms. The molecular weight excluding hydrogens is 430 g/mol. The number of carbonyl (C=O) groups is 1. The number of nitro groups is 1. The number of rotatable bonds is 9. The minimum absolute atomic E-state index is 0.0130. The van der Waals surface area contributed by atoms with E-state index in [1.807, 2.05) is 18.2 Å². The lowest BCUT2D eigenvalue weighted by Crippen LogP contribution is -2.43. The van der Waals surface area contributed by atoms with Gasteiger partial charge in [0.15, 0.2) is 5.69 Å². The highest BCUT2D eigenvalue weighted by molar-refractivity contribution is 5.96. The molecule has 1 heterocycles. The second-order valence-electron chi connectivity index (χ2n) is 7.20. The van der Waals surface area contributed by atoms with E-state index in [0.717, 1.165) is 5.56 Å². The van der Waals surface area contributed by atoms with Gasteiger partial charge in [0.2, 0.25) is 5.91 Å². The van der Waals surface area contributed by atoms with Gasteiger partial charge >= 0.3 is 5.69 Å². The molecule has 0 spiro atoms. The molecule has 3 rings (SSSR count). The Balaban J connectivity index is 1.98. The number of anilines is 2. The third-order valence-corrected chi connectivity index (χ3v) is 4.99. The lowest BCUT2D eigenvalue weighted by atomic mass is 10.1. The predicted octanol–water partition coefficient (Wildman–Crippen LogP) is 1.30. The first-order valence-electron chi connectivity index (χ1n) is 10.0. The average Bonchev–Trinajstić information content (AvgIpc) is 2.79. The molecule has 1 aromatic heterocycles. The second kappa shape index (κ2) is 10.4. The van der Waals surface area contributed by atoms with E-state index in [1.165, 1.54) is 40.8 Å². The Bertz CT molecular complexity index is 1250. The van der Waals surface area contributed by atoms with Crippen LogP contribution in [0.4, 0.5) is 17.2 Å². The molecular formula is C22H23N5O6. The molecule has 3 N–H and O–H groups in total. The number of H-pyrrole nitrogens is 1. The Hall–Kier alpha value is -4.25. The van der Waals surface area contributed by atoms with Gasteiger partial charge in [0, 0.05) is 25.8 Å². The van der Waals surface area contributed by atoms with Crippen LogP contribution in [0.15, 0.2) is 64.2 Å². The number of methoxy groups -OCH3 is 1. The van der Waals surface area contributed by atoms with E-state index in [2.05, 4.69) is 4.98 Å². The van der Waals surface area contributed by atoms with Crippen molar-refractivity contribution < 1.29 is 14.5 Å². The molecule has 0 saturated heterocycles. The van der Waals surface area contributed by atoms with Gasteiger partial charge < -0.3 is 15.4 Å². The number of hydrogen-bond acceptors (Lipinski definition) is 7. The van der Waals surface area contributed by atoms with E-state index in [1.54, 1.807) is 12.1 Å². The minimum Gasteiger partial charge on any atom is -0.383 e. The van der Waals surface area contributed by atoms with Gasteiger partial charge in [-0.2, -0.15) is 0 Å². The van der Waals surface area contributed by atoms with Crippen molar-refractivity contribution in [1.29, 1.82) is 0 Å². The van der Waals surface area contributed by atoms with Crippen LogP contribution >= 0.6 is 0 Å². The fraction of sp³-hybridized carbons (Fsp3) is 0.227. The number of hydrogen-bond donors (Lipinski definition) is 2. The number of nitro benzene ring substituents is 1. The summed E-state index contributed by atoms with van der Waals surface area (Å²) in [6, 6.07) is 14.6. The van der Waals surface area contributed by atoms with Crippen LogP contribution in [0.25, 0.3) is 0 Å². The van der Waals surface area contributed by atoms with Gasteiger partial charge in [0.05, 0.1) is 24.5 Å². The van der Waals surface area contributed by atoms with E-state index >= 15 is 0 Å². The van der Waals surface area contributed by atoms with Gasteiger partial charge in [-0.3, -0.25) is 29.3 Å². The zero-order chi connectivity index (χ0) is 24.0. The smallest absolute Gasteiger partial charge is 0.330 e. The molecule has 0 aliphatic rings. The number of non-ortho nitro benzene ring substituents is 1. The third-order valence-electron chi connectivity index (χ3n) is 4.99. The molecule has 33 heavy (non-hydrogen) atoms. The molecule has 3 aromatic rings. The molecule has 172 valence electrons. The molecule has 0 unspecified atom stereocenters. The van der Waals surface area contributed by atoms with Gasteiger partial charge in [-0.25, -0.2) is 4.79 Å². The van der Waals surface area contributed by atoms with Gasteiger partial charge in [0.25, 0.3) is 11.2 Å². The van der Waals surface area contributed by atoms with Crippen LogP contribution in [0, 0.1) is 10.1 Å². The lowest BCUT2D eigenvalue weighted by molar-refractivity contribution is -0.384. The van der Waals surface area contributed by atoms with Crippen molar-refractivity contribution in [3.05, 3.63) is 96.7 Å². The molecule has 1 amide bonds. The zero-order valence-electron chi connectivity index (χ0n) is 17.9. The number of nitrogens with zero attached hydrogens (tertiary/aromatic N) is 3. The molecule has 0 saturated carbocycles. The Morgan fingerprint density at radius 3 is 2.39 bits per heavy atom. The highest BCUT2D eigenvalue weighted by Gasteiger charge is 2.24. The number of benzene rings is 2. The summed E-state index contributed by atoms with van der Waals surface area (Å²) in [4.78, 5) is 52.0. The summed E-state index contributed by atoms with van der Waals surface area (Å²) in [6.45, 7) is 0.228. The molecule has 0 fully saturated rings. The van der Waals surface area contributed by atoms with E-state index in [4.69, 9.17) is 10.5 Å². The van der Waals surface area contributed by atoms with Gasteiger partial charge in [-0.15, -0.1) is 0 Å². The summed E-state index contributed by atoms with van der Waals surface area (Å²) < 4.78 is 6.26. The van der Waals surface area contributed by atoms with E-state index in [0.29, 0.717) is 5.56 Å². The molecule has 11 nitrogen and oxygen atoms in total. The van der Waals surface area contributed by atoms with Crippen molar-refractivity contribution in [2.24, 2.45) is 0 Å². The minimum atomic E-state index is -0.796. The van der Waals surface area contributed by atoms with Crippen LogP contribution in [0.1, 0.15) is 11.1 Å². The summed E-state index contributed by atoms with van der Waals surface area (Å²) in [5, 5.41) is 10.8. The number of aromatic amines is 1. The lowest BCUT2D eigenvalue weighted by Gasteiger charge is -2.24. The van der Waals surface area contributed by atoms with Crippen molar-refractivity contribution in [1.82, 2.24) is 9.55 Å². The number of nitrogens with two attached hydrogens (primary N) is 1. The summed E-state index contributed by atoms with van der Waals surface area (Å²) in [6.07, 6.45) is -0.140. The first-order valence-corrected chi connectivity index (χ1v) is 10.0. The normalized spacial score (nSPS) is 10.7. The summed E-state index contributed by atoms with van der Waals surface area (Å²) >= 11 is 0. The zero-order valence-corrected chi connectivity index (χ0v) is 17.9. The molecule has 0 atom stereocenters. The fourth-order valence-corrected chi connectivity index (χ4v) is 3.31. The van der Waals surface area contributed by atoms with Crippen LogP contribution in [-0.2, 0) is 22.5 Å².